The average molecular weight is 274 g/mol. The van der Waals surface area contributed by atoms with Crippen LogP contribution in [-0.4, -0.2) is 19.7 Å². The van der Waals surface area contributed by atoms with Gasteiger partial charge < -0.3 is 13.9 Å². The fourth-order valence-electron chi connectivity index (χ4n) is 2.12. The zero-order chi connectivity index (χ0) is 14.4. The molecule has 4 heteroatoms. The zero-order valence-corrected chi connectivity index (χ0v) is 11.7. The van der Waals surface area contributed by atoms with Crippen molar-refractivity contribution in [2.75, 3.05) is 13.7 Å². The molecule has 1 aromatic carbocycles. The third-order valence-electron chi connectivity index (χ3n) is 3.06. The van der Waals surface area contributed by atoms with Gasteiger partial charge in [0.1, 0.15) is 11.5 Å². The Morgan fingerprint density at radius 3 is 2.80 bits per heavy atom. The van der Waals surface area contributed by atoms with E-state index in [-0.39, 0.29) is 18.3 Å². The lowest BCUT2D eigenvalue weighted by Gasteiger charge is -2.15. The maximum atomic E-state index is 11.8. The molecule has 2 rings (SSSR count). The predicted octanol–water partition coefficient (Wildman–Crippen LogP) is 3.37. The van der Waals surface area contributed by atoms with Gasteiger partial charge >= 0.3 is 5.97 Å². The summed E-state index contributed by atoms with van der Waals surface area (Å²) in [6, 6.07) is 11.3. The fourth-order valence-corrected chi connectivity index (χ4v) is 2.12. The molecule has 1 heterocycles. The lowest BCUT2D eigenvalue weighted by atomic mass is 9.93. The van der Waals surface area contributed by atoms with Gasteiger partial charge in [0.15, 0.2) is 0 Å². The first-order valence-corrected chi connectivity index (χ1v) is 6.57. The van der Waals surface area contributed by atoms with Gasteiger partial charge in [-0.15, -0.1) is 0 Å². The van der Waals surface area contributed by atoms with E-state index >= 15 is 0 Å². The molecule has 2 aromatic rings. The Balaban J connectivity index is 2.28. The molecule has 0 fully saturated rings. The number of rotatable bonds is 6. The molecule has 4 nitrogen and oxygen atoms in total. The van der Waals surface area contributed by atoms with E-state index in [1.54, 1.807) is 20.3 Å². The second-order valence-electron chi connectivity index (χ2n) is 4.35. The second-order valence-corrected chi connectivity index (χ2v) is 4.35. The quantitative estimate of drug-likeness (QED) is 0.758. The highest BCUT2D eigenvalue weighted by atomic mass is 16.5. The summed E-state index contributed by atoms with van der Waals surface area (Å²) in [4.78, 5) is 11.8. The summed E-state index contributed by atoms with van der Waals surface area (Å²) in [5.41, 5.74) is 0.965. The zero-order valence-electron chi connectivity index (χ0n) is 11.7. The Hall–Kier alpha value is -2.23. The second kappa shape index (κ2) is 6.80. The summed E-state index contributed by atoms with van der Waals surface area (Å²) in [6.45, 7) is 2.17. The van der Waals surface area contributed by atoms with Gasteiger partial charge in [0.05, 0.1) is 32.3 Å². The van der Waals surface area contributed by atoms with Crippen LogP contribution in [0, 0.1) is 0 Å². The Morgan fingerprint density at radius 1 is 1.30 bits per heavy atom. The van der Waals surface area contributed by atoms with Crippen LogP contribution >= 0.6 is 0 Å². The van der Waals surface area contributed by atoms with E-state index in [9.17, 15) is 4.79 Å². The summed E-state index contributed by atoms with van der Waals surface area (Å²) >= 11 is 0. The molecule has 0 bridgehead atoms. The molecule has 0 amide bonds. The fraction of sp³-hybridized carbons (Fsp3) is 0.312. The first kappa shape index (κ1) is 14.2. The number of furan rings is 1. The minimum absolute atomic E-state index is 0.167. The average Bonchev–Trinajstić information content (AvgIpc) is 2.99. The van der Waals surface area contributed by atoms with Gasteiger partial charge in [0.2, 0.25) is 0 Å². The van der Waals surface area contributed by atoms with Crippen molar-refractivity contribution in [3.63, 3.8) is 0 Å². The first-order chi connectivity index (χ1) is 9.74. The van der Waals surface area contributed by atoms with Crippen molar-refractivity contribution in [2.24, 2.45) is 0 Å². The van der Waals surface area contributed by atoms with E-state index in [0.29, 0.717) is 6.61 Å². The largest absolute Gasteiger partial charge is 0.497 e. The van der Waals surface area contributed by atoms with Crippen LogP contribution in [0.15, 0.2) is 47.1 Å². The third-order valence-corrected chi connectivity index (χ3v) is 3.06. The van der Waals surface area contributed by atoms with E-state index in [4.69, 9.17) is 13.9 Å². The Labute approximate surface area is 118 Å². The van der Waals surface area contributed by atoms with Crippen LogP contribution in [0.5, 0.6) is 5.75 Å². The molecule has 0 aliphatic rings. The molecule has 0 radical (unpaired) electrons. The van der Waals surface area contributed by atoms with Crippen molar-refractivity contribution < 1.29 is 18.7 Å². The summed E-state index contributed by atoms with van der Waals surface area (Å²) in [6.07, 6.45) is 1.85. The number of esters is 1. The van der Waals surface area contributed by atoms with Crippen LogP contribution in [0.3, 0.4) is 0 Å². The minimum atomic E-state index is -0.239. The maximum absolute atomic E-state index is 11.8. The summed E-state index contributed by atoms with van der Waals surface area (Å²) in [7, 11) is 1.62. The predicted molar refractivity (Wildman–Crippen MR) is 74.8 cm³/mol. The van der Waals surface area contributed by atoms with Crippen molar-refractivity contribution >= 4 is 5.97 Å². The van der Waals surface area contributed by atoms with Crippen molar-refractivity contribution in [3.05, 3.63) is 54.0 Å². The van der Waals surface area contributed by atoms with E-state index < -0.39 is 0 Å². The van der Waals surface area contributed by atoms with E-state index in [1.165, 1.54) is 0 Å². The van der Waals surface area contributed by atoms with Gasteiger partial charge in [-0.05, 0) is 36.8 Å². The topological polar surface area (TPSA) is 48.7 Å². The molecular formula is C16H18O4. The Morgan fingerprint density at radius 2 is 2.15 bits per heavy atom. The highest BCUT2D eigenvalue weighted by molar-refractivity contribution is 5.71. The van der Waals surface area contributed by atoms with E-state index in [2.05, 4.69) is 0 Å². The van der Waals surface area contributed by atoms with Crippen LogP contribution in [0.25, 0.3) is 0 Å². The van der Waals surface area contributed by atoms with E-state index in [0.717, 1.165) is 17.1 Å². The van der Waals surface area contributed by atoms with Crippen molar-refractivity contribution in [3.8, 4) is 5.75 Å². The molecular weight excluding hydrogens is 256 g/mol. The van der Waals surface area contributed by atoms with Crippen molar-refractivity contribution in [1.29, 1.82) is 0 Å². The van der Waals surface area contributed by atoms with Gasteiger partial charge in [-0.25, -0.2) is 0 Å². The molecule has 0 saturated heterocycles. The molecule has 0 spiro atoms. The van der Waals surface area contributed by atoms with Crippen LogP contribution in [0.1, 0.15) is 30.6 Å². The van der Waals surface area contributed by atoms with Gasteiger partial charge in [0.25, 0.3) is 0 Å². The number of benzene rings is 1. The third kappa shape index (κ3) is 3.41. The SMILES string of the molecule is CCOC(=O)C[C@@H](c1cccc(OC)c1)c1ccco1. The molecule has 20 heavy (non-hydrogen) atoms. The van der Waals surface area contributed by atoms with Crippen LogP contribution in [0.2, 0.25) is 0 Å². The highest BCUT2D eigenvalue weighted by Crippen LogP contribution is 2.30. The molecule has 0 N–H and O–H groups in total. The van der Waals surface area contributed by atoms with Crippen LogP contribution in [-0.2, 0) is 9.53 Å². The lowest BCUT2D eigenvalue weighted by molar-refractivity contribution is -0.143. The van der Waals surface area contributed by atoms with Crippen LogP contribution < -0.4 is 4.74 Å². The summed E-state index contributed by atoms with van der Waals surface area (Å²) < 4.78 is 15.7. The normalized spacial score (nSPS) is 11.9. The molecule has 0 aliphatic carbocycles. The van der Waals surface area contributed by atoms with Crippen molar-refractivity contribution in [1.82, 2.24) is 0 Å². The molecule has 0 saturated carbocycles. The molecule has 106 valence electrons. The molecule has 0 aliphatic heterocycles. The number of methoxy groups -OCH3 is 1. The molecule has 0 unspecified atom stereocenters. The number of ether oxygens (including phenoxy) is 2. The first-order valence-electron chi connectivity index (χ1n) is 6.57. The number of hydrogen-bond acceptors (Lipinski definition) is 4. The van der Waals surface area contributed by atoms with Gasteiger partial charge in [-0.1, -0.05) is 12.1 Å². The highest BCUT2D eigenvalue weighted by Gasteiger charge is 2.21. The Bertz CT molecular complexity index is 545. The van der Waals surface area contributed by atoms with Gasteiger partial charge in [-0.2, -0.15) is 0 Å². The standard InChI is InChI=1S/C16H18O4/c1-3-19-16(17)11-14(15-8-5-9-20-15)12-6-4-7-13(10-12)18-2/h4-10,14H,3,11H2,1-2H3/t14-/m0/s1. The monoisotopic (exact) mass is 274 g/mol. The summed E-state index contributed by atoms with van der Waals surface area (Å²) in [5.74, 6) is 1.09. The van der Waals surface area contributed by atoms with E-state index in [1.807, 2.05) is 36.4 Å². The smallest absolute Gasteiger partial charge is 0.306 e. The van der Waals surface area contributed by atoms with Gasteiger partial charge in [0, 0.05) is 0 Å². The number of carbonyl (C=O) groups excluding carboxylic acids is 1. The maximum Gasteiger partial charge on any atom is 0.306 e. The van der Waals surface area contributed by atoms with Crippen molar-refractivity contribution in [2.45, 2.75) is 19.3 Å². The Kier molecular flexibility index (Phi) is 4.82. The lowest BCUT2D eigenvalue weighted by Crippen LogP contribution is -2.11. The summed E-state index contributed by atoms with van der Waals surface area (Å²) in [5, 5.41) is 0. The van der Waals surface area contributed by atoms with Crippen LogP contribution in [0.4, 0.5) is 0 Å². The molecule has 1 aromatic heterocycles. The number of carbonyl (C=O) groups is 1. The molecule has 1 atom stereocenters. The minimum Gasteiger partial charge on any atom is -0.497 e. The van der Waals surface area contributed by atoms with Gasteiger partial charge in [-0.3, -0.25) is 4.79 Å². The number of hydrogen-bond donors (Lipinski definition) is 0.